The lowest BCUT2D eigenvalue weighted by Crippen LogP contribution is -2.11. The zero-order chi connectivity index (χ0) is 13.5. The molecule has 0 radical (unpaired) electrons. The Bertz CT molecular complexity index is 558. The van der Waals surface area contributed by atoms with Crippen LogP contribution in [0.1, 0.15) is 11.4 Å². The second-order valence-corrected chi connectivity index (χ2v) is 3.91. The van der Waals surface area contributed by atoms with E-state index in [1.165, 1.54) is 0 Å². The normalized spacial score (nSPS) is 10.1. The highest BCUT2D eigenvalue weighted by molar-refractivity contribution is 5.21. The van der Waals surface area contributed by atoms with Crippen LogP contribution in [0.3, 0.4) is 0 Å². The molecule has 6 heteroatoms. The van der Waals surface area contributed by atoms with Gasteiger partial charge in [0.15, 0.2) is 0 Å². The summed E-state index contributed by atoms with van der Waals surface area (Å²) in [6.07, 6.45) is 0.621. The molecule has 2 aromatic rings. The summed E-state index contributed by atoms with van der Waals surface area (Å²) in [4.78, 5) is 0. The van der Waals surface area contributed by atoms with E-state index in [9.17, 15) is 0 Å². The number of para-hydroxylation sites is 1. The molecular formula is C13H15N5O. The van der Waals surface area contributed by atoms with Crippen LogP contribution in [-0.2, 0) is 19.5 Å². The van der Waals surface area contributed by atoms with E-state index in [2.05, 4.69) is 10.3 Å². The standard InChI is InChI=1S/C13H15N5O/c14-7-8-18-13(12(10-15)16-17-18)6-9-19-11-4-2-1-3-5-11/h1-5H,6,8-10,15H2. The second kappa shape index (κ2) is 6.52. The summed E-state index contributed by atoms with van der Waals surface area (Å²) in [6.45, 7) is 0.982. The molecule has 6 nitrogen and oxygen atoms in total. The average Bonchev–Trinajstić information content (AvgIpc) is 2.83. The maximum atomic E-state index is 8.73. The first-order valence-electron chi connectivity index (χ1n) is 6.01. The van der Waals surface area contributed by atoms with E-state index in [1.807, 2.05) is 36.4 Å². The highest BCUT2D eigenvalue weighted by Crippen LogP contribution is 2.10. The van der Waals surface area contributed by atoms with Crippen molar-refractivity contribution in [1.82, 2.24) is 15.0 Å². The van der Waals surface area contributed by atoms with Crippen molar-refractivity contribution in [3.63, 3.8) is 0 Å². The van der Waals surface area contributed by atoms with Crippen LogP contribution in [0.5, 0.6) is 5.75 Å². The van der Waals surface area contributed by atoms with Crippen molar-refractivity contribution in [2.24, 2.45) is 5.73 Å². The van der Waals surface area contributed by atoms with Crippen LogP contribution in [0, 0.1) is 11.3 Å². The van der Waals surface area contributed by atoms with Gasteiger partial charge in [-0.15, -0.1) is 5.10 Å². The molecule has 0 aliphatic heterocycles. The van der Waals surface area contributed by atoms with Gasteiger partial charge >= 0.3 is 0 Å². The molecule has 98 valence electrons. The molecule has 1 heterocycles. The summed E-state index contributed by atoms with van der Waals surface area (Å²) in [5, 5.41) is 16.6. The van der Waals surface area contributed by atoms with Gasteiger partial charge in [0.2, 0.25) is 0 Å². The van der Waals surface area contributed by atoms with Crippen LogP contribution in [0.2, 0.25) is 0 Å². The molecule has 0 aliphatic carbocycles. The van der Waals surface area contributed by atoms with E-state index in [0.29, 0.717) is 25.3 Å². The van der Waals surface area contributed by atoms with Crippen LogP contribution in [0.25, 0.3) is 0 Å². The number of hydrogen-bond acceptors (Lipinski definition) is 5. The molecule has 0 saturated heterocycles. The molecule has 1 aromatic heterocycles. The van der Waals surface area contributed by atoms with Gasteiger partial charge in [0.25, 0.3) is 0 Å². The number of aromatic nitrogens is 3. The monoisotopic (exact) mass is 257 g/mol. The van der Waals surface area contributed by atoms with Gasteiger partial charge in [-0.25, -0.2) is 4.68 Å². The van der Waals surface area contributed by atoms with Gasteiger partial charge in [-0.1, -0.05) is 23.4 Å². The third kappa shape index (κ3) is 3.30. The first-order chi connectivity index (χ1) is 9.35. The minimum Gasteiger partial charge on any atom is -0.493 e. The molecule has 0 atom stereocenters. The molecule has 0 unspecified atom stereocenters. The molecule has 2 N–H and O–H groups in total. The zero-order valence-electron chi connectivity index (χ0n) is 10.5. The molecular weight excluding hydrogens is 242 g/mol. The van der Waals surface area contributed by atoms with Gasteiger partial charge < -0.3 is 10.5 Å². The van der Waals surface area contributed by atoms with E-state index < -0.39 is 0 Å². The number of rotatable bonds is 6. The van der Waals surface area contributed by atoms with Crippen molar-refractivity contribution >= 4 is 0 Å². The zero-order valence-corrected chi connectivity index (χ0v) is 10.5. The largest absolute Gasteiger partial charge is 0.493 e. The summed E-state index contributed by atoms with van der Waals surface area (Å²) in [5.74, 6) is 0.816. The molecule has 0 saturated carbocycles. The fourth-order valence-corrected chi connectivity index (χ4v) is 1.78. The minimum atomic E-state index is 0.174. The van der Waals surface area contributed by atoms with Crippen molar-refractivity contribution in [1.29, 1.82) is 5.26 Å². The van der Waals surface area contributed by atoms with Crippen molar-refractivity contribution in [3.05, 3.63) is 41.7 Å². The Morgan fingerprint density at radius 3 is 2.79 bits per heavy atom. The maximum absolute atomic E-state index is 8.73. The van der Waals surface area contributed by atoms with Gasteiger partial charge in [-0.05, 0) is 12.1 Å². The van der Waals surface area contributed by atoms with Crippen molar-refractivity contribution in [2.75, 3.05) is 6.61 Å². The second-order valence-electron chi connectivity index (χ2n) is 3.91. The van der Waals surface area contributed by atoms with Gasteiger partial charge in [0.1, 0.15) is 12.3 Å². The van der Waals surface area contributed by atoms with E-state index in [0.717, 1.165) is 11.4 Å². The lowest BCUT2D eigenvalue weighted by molar-refractivity contribution is 0.317. The Hall–Kier alpha value is -2.39. The van der Waals surface area contributed by atoms with Crippen LogP contribution < -0.4 is 10.5 Å². The molecule has 0 amide bonds. The predicted octanol–water partition coefficient (Wildman–Crippen LogP) is 0.882. The third-order valence-electron chi connectivity index (χ3n) is 2.68. The number of nitrogens with zero attached hydrogens (tertiary/aromatic N) is 4. The predicted molar refractivity (Wildman–Crippen MR) is 69.2 cm³/mol. The molecule has 19 heavy (non-hydrogen) atoms. The summed E-state index contributed by atoms with van der Waals surface area (Å²) in [6, 6.07) is 11.6. The Morgan fingerprint density at radius 1 is 1.32 bits per heavy atom. The Kier molecular flexibility index (Phi) is 4.48. The molecule has 0 bridgehead atoms. The molecule has 0 fully saturated rings. The Labute approximate surface area is 111 Å². The average molecular weight is 257 g/mol. The topological polar surface area (TPSA) is 89.8 Å². The van der Waals surface area contributed by atoms with E-state index in [1.54, 1.807) is 4.68 Å². The minimum absolute atomic E-state index is 0.174. The van der Waals surface area contributed by atoms with Gasteiger partial charge in [0, 0.05) is 13.0 Å². The number of hydrogen-bond donors (Lipinski definition) is 1. The molecule has 1 aromatic carbocycles. The van der Waals surface area contributed by atoms with E-state index in [-0.39, 0.29) is 6.54 Å². The Morgan fingerprint density at radius 2 is 2.11 bits per heavy atom. The molecule has 0 aliphatic rings. The first-order valence-corrected chi connectivity index (χ1v) is 6.01. The highest BCUT2D eigenvalue weighted by atomic mass is 16.5. The lowest BCUT2D eigenvalue weighted by atomic mass is 10.2. The third-order valence-corrected chi connectivity index (χ3v) is 2.68. The Balaban J connectivity index is 1.99. The van der Waals surface area contributed by atoms with Crippen molar-refractivity contribution in [3.8, 4) is 11.8 Å². The van der Waals surface area contributed by atoms with Gasteiger partial charge in [-0.2, -0.15) is 5.26 Å². The smallest absolute Gasteiger partial charge is 0.130 e. The number of nitriles is 1. The molecule has 2 rings (SSSR count). The summed E-state index contributed by atoms with van der Waals surface area (Å²) in [7, 11) is 0. The lowest BCUT2D eigenvalue weighted by Gasteiger charge is -2.07. The fraction of sp³-hybridized carbons (Fsp3) is 0.308. The quantitative estimate of drug-likeness (QED) is 0.829. The maximum Gasteiger partial charge on any atom is 0.130 e. The van der Waals surface area contributed by atoms with E-state index in [4.69, 9.17) is 15.7 Å². The van der Waals surface area contributed by atoms with E-state index >= 15 is 0 Å². The number of nitrogens with two attached hydrogens (primary N) is 1. The summed E-state index contributed by atoms with van der Waals surface area (Å²) >= 11 is 0. The van der Waals surface area contributed by atoms with Crippen LogP contribution >= 0.6 is 0 Å². The number of ether oxygens (including phenoxy) is 1. The summed E-state index contributed by atoms with van der Waals surface area (Å²) < 4.78 is 7.19. The van der Waals surface area contributed by atoms with Crippen molar-refractivity contribution < 1.29 is 4.74 Å². The van der Waals surface area contributed by atoms with Crippen LogP contribution in [-0.4, -0.2) is 21.6 Å². The summed E-state index contributed by atoms with van der Waals surface area (Å²) in [5.41, 5.74) is 7.18. The number of benzene rings is 1. The SMILES string of the molecule is N#CCn1nnc(CN)c1CCOc1ccccc1. The van der Waals surface area contributed by atoms with Crippen molar-refractivity contribution in [2.45, 2.75) is 19.5 Å². The molecule has 0 spiro atoms. The fourth-order valence-electron chi connectivity index (χ4n) is 1.78. The first kappa shape index (κ1) is 13.1. The highest BCUT2D eigenvalue weighted by Gasteiger charge is 2.11. The van der Waals surface area contributed by atoms with Gasteiger partial charge in [-0.3, -0.25) is 0 Å². The van der Waals surface area contributed by atoms with Gasteiger partial charge in [0.05, 0.1) is 24.1 Å². The van der Waals surface area contributed by atoms with Crippen LogP contribution in [0.4, 0.5) is 0 Å². The van der Waals surface area contributed by atoms with Crippen LogP contribution in [0.15, 0.2) is 30.3 Å².